The molecule has 0 atom stereocenters. The molecule has 0 fully saturated rings. The number of imide groups is 1. The smallest absolute Gasteiger partial charge is 0.271 e. The summed E-state index contributed by atoms with van der Waals surface area (Å²) in [4.78, 5) is 32.6. The van der Waals surface area contributed by atoms with Gasteiger partial charge in [0, 0.05) is 11.6 Å². The lowest BCUT2D eigenvalue weighted by atomic mass is 10.2. The molecule has 0 radical (unpaired) electrons. The number of nitrogens with zero attached hydrogens (tertiary/aromatic N) is 3. The van der Waals surface area contributed by atoms with Gasteiger partial charge < -0.3 is 0 Å². The highest BCUT2D eigenvalue weighted by Gasteiger charge is 2.29. The maximum Gasteiger partial charge on any atom is 0.275 e. The van der Waals surface area contributed by atoms with Gasteiger partial charge in [0.1, 0.15) is 11.2 Å². The Morgan fingerprint density at radius 2 is 2.00 bits per heavy atom. The molecule has 20 heavy (non-hydrogen) atoms. The number of carbonyl (C=O) groups is 2. The fourth-order valence-corrected chi connectivity index (χ4v) is 2.79. The van der Waals surface area contributed by atoms with Crippen molar-refractivity contribution >= 4 is 51.6 Å². The van der Waals surface area contributed by atoms with Crippen LogP contribution in [-0.2, 0) is 9.59 Å². The molecule has 0 aliphatic carbocycles. The number of hydrazine groups is 1. The van der Waals surface area contributed by atoms with E-state index in [2.05, 4.69) is 15.4 Å². The number of hydrogen-bond acceptors (Lipinski definition) is 6. The van der Waals surface area contributed by atoms with Crippen molar-refractivity contribution < 1.29 is 9.59 Å². The molecular formula is C12H11ClN4O2S. The van der Waals surface area contributed by atoms with Gasteiger partial charge in [-0.2, -0.15) is 5.01 Å². The molecule has 2 aromatic rings. The van der Waals surface area contributed by atoms with E-state index in [1.54, 1.807) is 6.92 Å². The molecule has 0 bridgehead atoms. The minimum absolute atomic E-state index is 0. The molecule has 1 aliphatic heterocycles. The molecule has 0 spiro atoms. The second-order valence-corrected chi connectivity index (χ2v) is 5.10. The molecule has 0 aromatic carbocycles. The summed E-state index contributed by atoms with van der Waals surface area (Å²) in [5.74, 6) is -0.277. The van der Waals surface area contributed by atoms with Crippen LogP contribution in [0.2, 0.25) is 0 Å². The lowest BCUT2D eigenvalue weighted by molar-refractivity contribution is -0.135. The summed E-state index contributed by atoms with van der Waals surface area (Å²) in [5, 5.41) is 3.76. The van der Waals surface area contributed by atoms with E-state index in [1.165, 1.54) is 23.7 Å². The first-order valence-corrected chi connectivity index (χ1v) is 6.48. The van der Waals surface area contributed by atoms with Crippen LogP contribution in [0.5, 0.6) is 0 Å². The van der Waals surface area contributed by atoms with Crippen molar-refractivity contribution in [2.24, 2.45) is 0 Å². The Hall–Kier alpha value is -1.99. The minimum Gasteiger partial charge on any atom is -0.271 e. The van der Waals surface area contributed by atoms with Crippen LogP contribution in [0, 0.1) is 6.92 Å². The monoisotopic (exact) mass is 310 g/mol. The predicted molar refractivity (Wildman–Crippen MR) is 78.6 cm³/mol. The number of halogens is 1. The fourth-order valence-electron chi connectivity index (χ4n) is 1.90. The molecule has 1 N–H and O–H groups in total. The Kier molecular flexibility index (Phi) is 3.74. The Morgan fingerprint density at radius 1 is 1.25 bits per heavy atom. The molecule has 2 aromatic heterocycles. The van der Waals surface area contributed by atoms with Gasteiger partial charge in [0.05, 0.1) is 5.39 Å². The van der Waals surface area contributed by atoms with Crippen molar-refractivity contribution in [2.45, 2.75) is 13.8 Å². The second-order valence-electron chi connectivity index (χ2n) is 4.24. The highest BCUT2D eigenvalue weighted by Crippen LogP contribution is 2.29. The predicted octanol–water partition coefficient (Wildman–Crippen LogP) is 2.06. The maximum absolute atomic E-state index is 11.8. The van der Waals surface area contributed by atoms with Crippen LogP contribution in [0.15, 0.2) is 23.4 Å². The van der Waals surface area contributed by atoms with Crippen LogP contribution < -0.4 is 5.43 Å². The Bertz CT molecular complexity index is 740. The van der Waals surface area contributed by atoms with E-state index in [9.17, 15) is 9.59 Å². The zero-order valence-electron chi connectivity index (χ0n) is 10.7. The van der Waals surface area contributed by atoms with Gasteiger partial charge >= 0.3 is 0 Å². The van der Waals surface area contributed by atoms with E-state index >= 15 is 0 Å². The highest BCUT2D eigenvalue weighted by atomic mass is 35.5. The lowest BCUT2D eigenvalue weighted by Gasteiger charge is -2.16. The Morgan fingerprint density at radius 3 is 2.65 bits per heavy atom. The minimum atomic E-state index is -0.387. The van der Waals surface area contributed by atoms with Crippen molar-refractivity contribution in [3.63, 3.8) is 0 Å². The zero-order valence-corrected chi connectivity index (χ0v) is 12.3. The second kappa shape index (κ2) is 5.18. The molecule has 0 saturated carbocycles. The van der Waals surface area contributed by atoms with E-state index in [0.717, 1.165) is 20.8 Å². The summed E-state index contributed by atoms with van der Waals surface area (Å²) >= 11 is 1.50. The van der Waals surface area contributed by atoms with Crippen molar-refractivity contribution in [2.75, 3.05) is 5.43 Å². The van der Waals surface area contributed by atoms with Gasteiger partial charge in [0.15, 0.2) is 5.82 Å². The van der Waals surface area contributed by atoms with Crippen molar-refractivity contribution in [1.29, 1.82) is 0 Å². The number of aromatic nitrogens is 2. The summed E-state index contributed by atoms with van der Waals surface area (Å²) < 4.78 is 0. The largest absolute Gasteiger partial charge is 0.275 e. The van der Waals surface area contributed by atoms with Gasteiger partial charge in [0.25, 0.3) is 11.8 Å². The average molecular weight is 311 g/mol. The summed E-state index contributed by atoms with van der Waals surface area (Å²) in [6.45, 7) is 3.54. The fraction of sp³-hybridized carbons (Fsp3) is 0.167. The molecule has 3 rings (SSSR count). The summed E-state index contributed by atoms with van der Waals surface area (Å²) in [7, 11) is 0. The maximum atomic E-state index is 11.8. The number of aryl methyl sites for hydroxylation is 1. The van der Waals surface area contributed by atoms with Gasteiger partial charge in [-0.3, -0.25) is 15.0 Å². The molecule has 0 saturated heterocycles. The average Bonchev–Trinajstić information content (AvgIpc) is 2.87. The van der Waals surface area contributed by atoms with E-state index in [0.29, 0.717) is 11.4 Å². The SMILES string of the molecule is CC1=CC(=O)N(Nc2ncnc3scc(C)c23)C1=O.Cl. The van der Waals surface area contributed by atoms with Gasteiger partial charge in [-0.1, -0.05) is 0 Å². The van der Waals surface area contributed by atoms with Crippen molar-refractivity contribution in [3.05, 3.63) is 28.9 Å². The molecule has 104 valence electrons. The molecule has 3 heterocycles. The third-order valence-corrected chi connectivity index (χ3v) is 3.88. The van der Waals surface area contributed by atoms with Crippen LogP contribution in [0.25, 0.3) is 10.2 Å². The van der Waals surface area contributed by atoms with Gasteiger partial charge in [-0.15, -0.1) is 23.7 Å². The summed E-state index contributed by atoms with van der Waals surface area (Å²) in [6, 6.07) is 0. The van der Waals surface area contributed by atoms with Crippen LogP contribution in [0.4, 0.5) is 5.82 Å². The molecule has 2 amide bonds. The van der Waals surface area contributed by atoms with Crippen LogP contribution in [0.1, 0.15) is 12.5 Å². The normalized spacial score (nSPS) is 14.5. The lowest BCUT2D eigenvalue weighted by Crippen LogP contribution is -2.36. The van der Waals surface area contributed by atoms with E-state index < -0.39 is 0 Å². The molecular weight excluding hydrogens is 300 g/mol. The van der Waals surface area contributed by atoms with Crippen molar-refractivity contribution in [1.82, 2.24) is 15.0 Å². The first kappa shape index (κ1) is 14.4. The van der Waals surface area contributed by atoms with E-state index in [-0.39, 0.29) is 24.2 Å². The Balaban J connectivity index is 0.00000147. The third kappa shape index (κ3) is 2.14. The van der Waals surface area contributed by atoms with E-state index in [1.807, 2.05) is 12.3 Å². The third-order valence-electron chi connectivity index (χ3n) is 2.87. The van der Waals surface area contributed by atoms with Gasteiger partial charge in [-0.05, 0) is 24.8 Å². The number of fused-ring (bicyclic) bond motifs is 1. The number of rotatable bonds is 2. The summed E-state index contributed by atoms with van der Waals surface area (Å²) in [5.41, 5.74) is 4.19. The molecule has 6 nitrogen and oxygen atoms in total. The number of anilines is 1. The van der Waals surface area contributed by atoms with Crippen LogP contribution >= 0.6 is 23.7 Å². The topological polar surface area (TPSA) is 75.2 Å². The number of amides is 2. The van der Waals surface area contributed by atoms with Crippen LogP contribution in [0.3, 0.4) is 0 Å². The van der Waals surface area contributed by atoms with Gasteiger partial charge in [0.2, 0.25) is 0 Å². The van der Waals surface area contributed by atoms with Gasteiger partial charge in [-0.25, -0.2) is 9.97 Å². The highest BCUT2D eigenvalue weighted by molar-refractivity contribution is 7.17. The summed E-state index contributed by atoms with van der Waals surface area (Å²) in [6.07, 6.45) is 2.71. The first-order chi connectivity index (χ1) is 9.08. The molecule has 1 aliphatic rings. The number of carbonyl (C=O) groups excluding carboxylic acids is 2. The first-order valence-electron chi connectivity index (χ1n) is 5.60. The number of nitrogens with one attached hydrogen (secondary N) is 1. The molecule has 8 heteroatoms. The number of hydrogen-bond donors (Lipinski definition) is 1. The standard InChI is InChI=1S/C12H10N4O2S.ClH/c1-6-3-8(17)16(12(6)18)15-10-9-7(2)4-19-11(9)14-5-13-10;/h3-5H,1-2H3,(H,13,14,15);1H. The van der Waals surface area contributed by atoms with E-state index in [4.69, 9.17) is 0 Å². The number of thiophene rings is 1. The zero-order chi connectivity index (χ0) is 13.6. The van der Waals surface area contributed by atoms with Crippen molar-refractivity contribution in [3.8, 4) is 0 Å². The van der Waals surface area contributed by atoms with Crippen LogP contribution in [-0.4, -0.2) is 26.8 Å². The quantitative estimate of drug-likeness (QED) is 0.859. The Labute approximate surface area is 124 Å². The molecule has 0 unspecified atom stereocenters.